The predicted molar refractivity (Wildman–Crippen MR) is 461 cm³/mol. The predicted octanol–water partition coefficient (Wildman–Crippen LogP) is 13.9. The molecule has 0 amide bonds. The highest BCUT2D eigenvalue weighted by Crippen LogP contribution is 2.43. The third-order valence-electron chi connectivity index (χ3n) is 24.5. The van der Waals surface area contributed by atoms with E-state index in [4.69, 9.17) is 4.42 Å². The van der Waals surface area contributed by atoms with Gasteiger partial charge in [-0.15, -0.1) is 0 Å². The van der Waals surface area contributed by atoms with Crippen LogP contribution in [0.2, 0.25) is 0 Å². The number of alkyl halides is 12. The Hall–Kier alpha value is -13.5. The van der Waals surface area contributed by atoms with E-state index >= 15 is 0 Å². The van der Waals surface area contributed by atoms with Crippen molar-refractivity contribution in [1.29, 1.82) is 0 Å². The van der Waals surface area contributed by atoms with Crippen molar-refractivity contribution in [3.8, 4) is 46.1 Å². The highest BCUT2D eigenvalue weighted by atomic mass is 19.4. The lowest BCUT2D eigenvalue weighted by atomic mass is 9.77. The van der Waals surface area contributed by atoms with Gasteiger partial charge in [-0.25, -0.2) is 84.7 Å². The van der Waals surface area contributed by atoms with Crippen molar-refractivity contribution in [3.63, 3.8) is 0 Å². The second-order valence-corrected chi connectivity index (χ2v) is 34.8. The summed E-state index contributed by atoms with van der Waals surface area (Å²) in [7, 11) is 0. The molecule has 0 aliphatic carbocycles. The fourth-order valence-corrected chi connectivity index (χ4v) is 17.3. The Labute approximate surface area is 744 Å². The Morgan fingerprint density at radius 2 is 0.621 bits per heavy atom. The van der Waals surface area contributed by atoms with Crippen molar-refractivity contribution in [2.24, 2.45) is 50.5 Å². The number of oxazole rings is 1. The first-order chi connectivity index (χ1) is 62.8. The van der Waals surface area contributed by atoms with Crippen LogP contribution in [0.15, 0.2) is 190 Å². The molecule has 4 saturated heterocycles. The highest BCUT2D eigenvalue weighted by molar-refractivity contribution is 5.83. The Kier molecular flexibility index (Phi) is 24.6. The zero-order chi connectivity index (χ0) is 93.0. The van der Waals surface area contributed by atoms with Gasteiger partial charge in [0.2, 0.25) is 0 Å². The molecule has 13 aromatic rings. The van der Waals surface area contributed by atoms with E-state index in [1.807, 2.05) is 60.2 Å². The SMILES string of the molecule is CC(C)(O)C1CC(C2=CCN=C2)CN(c2ccnc(-c3cnc4cnc(C(F)(F)F)cn34)n2)C1.CC(C)(O)C1CC(C2=CCN=C2)CN(c2ccnc(-c3cnc4cnc(C(F)(F)F)cn34)n2)C1.CC(C)(O)C1CC(C2=CCN=C2)CN(c2ccnc(-c3cnc4cnc(C(F)(F)F)cn34)n2)C1.FC(F)(F)c1cn2c(-c3nccc(N4CCCC(c5ncco5)C4)n3)cnc2cn1. The maximum Gasteiger partial charge on any atom is 0.434 e. The molecule has 0 aromatic carbocycles. The zero-order valence-electron chi connectivity index (χ0n) is 71.8. The molecule has 7 atom stereocenters. The molecule has 13 aromatic heterocycles. The second-order valence-electron chi connectivity index (χ2n) is 34.8. The van der Waals surface area contributed by atoms with Crippen molar-refractivity contribution in [2.45, 2.75) is 121 Å². The molecule has 7 aliphatic heterocycles. The average molecular weight is 1830 g/mol. The van der Waals surface area contributed by atoms with Crippen LogP contribution < -0.4 is 19.6 Å². The molecule has 132 heavy (non-hydrogen) atoms. The van der Waals surface area contributed by atoms with Crippen LogP contribution in [0.3, 0.4) is 0 Å². The molecule has 0 bridgehead atoms. The first-order valence-corrected chi connectivity index (χ1v) is 42.4. The van der Waals surface area contributed by atoms with E-state index in [0.29, 0.717) is 117 Å². The summed E-state index contributed by atoms with van der Waals surface area (Å²) >= 11 is 0. The van der Waals surface area contributed by atoms with Crippen LogP contribution >= 0.6 is 0 Å². The largest absolute Gasteiger partial charge is 0.449 e. The van der Waals surface area contributed by atoms with E-state index in [9.17, 15) is 68.0 Å². The zero-order valence-corrected chi connectivity index (χ0v) is 71.8. The molecule has 0 spiro atoms. The number of halogens is 12. The second kappa shape index (κ2) is 36.0. The van der Waals surface area contributed by atoms with E-state index < -0.39 is 64.3 Å². The van der Waals surface area contributed by atoms with E-state index in [1.165, 1.54) is 42.4 Å². The van der Waals surface area contributed by atoms with E-state index in [0.717, 1.165) is 105 Å². The molecular weight excluding hydrogens is 1740 g/mol. The monoisotopic (exact) mass is 1830 g/mol. The van der Waals surface area contributed by atoms with Gasteiger partial charge in [0.1, 0.15) is 52.3 Å². The molecule has 44 heteroatoms. The summed E-state index contributed by atoms with van der Waals surface area (Å²) < 4.78 is 169. The van der Waals surface area contributed by atoms with Crippen LogP contribution in [0.4, 0.5) is 76.0 Å². The first kappa shape index (κ1) is 90.4. The van der Waals surface area contributed by atoms with Crippen molar-refractivity contribution in [3.05, 3.63) is 199 Å². The van der Waals surface area contributed by atoms with Crippen molar-refractivity contribution in [2.75, 3.05) is 91.6 Å². The fraction of sp³-hybridized carbons (Fsp3) is 0.409. The summed E-state index contributed by atoms with van der Waals surface area (Å²) in [5.74, 6) is 5.07. The van der Waals surface area contributed by atoms with Crippen molar-refractivity contribution in [1.82, 2.24) is 102 Å². The maximum atomic E-state index is 13.2. The number of fused-ring (bicyclic) bond motifs is 4. The van der Waals surface area contributed by atoms with Crippen LogP contribution in [0, 0.1) is 35.5 Å². The van der Waals surface area contributed by atoms with Gasteiger partial charge in [0.25, 0.3) is 0 Å². The van der Waals surface area contributed by atoms with Gasteiger partial charge in [-0.3, -0.25) is 32.6 Å². The van der Waals surface area contributed by atoms with E-state index in [-0.39, 0.29) is 87.3 Å². The normalized spacial score (nSPS) is 20.5. The number of hydrogen-bond donors (Lipinski definition) is 3. The Balaban J connectivity index is 0.000000123. The minimum Gasteiger partial charge on any atom is -0.449 e. The molecule has 7 unspecified atom stereocenters. The van der Waals surface area contributed by atoms with Crippen LogP contribution in [0.5, 0.6) is 0 Å². The molecule has 20 rings (SSSR count). The topological polar surface area (TPSA) is 361 Å². The molecule has 3 N–H and O–H groups in total. The number of anilines is 4. The number of piperidine rings is 4. The molecule has 0 radical (unpaired) electrons. The summed E-state index contributed by atoms with van der Waals surface area (Å²) in [4.78, 5) is 91.8. The Morgan fingerprint density at radius 3 is 0.879 bits per heavy atom. The summed E-state index contributed by atoms with van der Waals surface area (Å²) in [5.41, 5.74) is -0.788. The quantitative estimate of drug-likeness (QED) is 0.0802. The summed E-state index contributed by atoms with van der Waals surface area (Å²) in [6.45, 7) is 18.2. The van der Waals surface area contributed by atoms with Gasteiger partial charge in [-0.2, -0.15) is 52.7 Å². The number of aromatic nitrogens is 21. The third kappa shape index (κ3) is 20.0. The maximum absolute atomic E-state index is 13.2. The molecule has 20 heterocycles. The number of aliphatic imine (C=N–C) groups is 3. The number of rotatable bonds is 15. The average Bonchev–Trinajstić information content (AvgIpc) is 1.65. The van der Waals surface area contributed by atoms with Crippen molar-refractivity contribution < 1.29 is 72.4 Å². The third-order valence-corrected chi connectivity index (χ3v) is 24.5. The number of imidazole rings is 4. The van der Waals surface area contributed by atoms with Crippen LogP contribution in [0.1, 0.15) is 108 Å². The lowest BCUT2D eigenvalue weighted by Gasteiger charge is -2.43. The van der Waals surface area contributed by atoms with Crippen molar-refractivity contribution >= 4 is 64.5 Å². The summed E-state index contributed by atoms with van der Waals surface area (Å²) in [6, 6.07) is 7.11. The van der Waals surface area contributed by atoms with Gasteiger partial charge < -0.3 is 39.3 Å². The Bertz CT molecular complexity index is 6090. The lowest BCUT2D eigenvalue weighted by molar-refractivity contribution is -0.142. The number of nitrogens with zero attached hydrogens (tertiary/aromatic N) is 28. The molecule has 688 valence electrons. The molecule has 0 saturated carbocycles. The van der Waals surface area contributed by atoms with Gasteiger partial charge in [0, 0.05) is 156 Å². The minimum absolute atomic E-state index is 0.00391. The van der Waals surface area contributed by atoms with Crippen LogP contribution in [0.25, 0.3) is 68.7 Å². The van der Waals surface area contributed by atoms with Crippen LogP contribution in [-0.4, -0.2) is 225 Å². The van der Waals surface area contributed by atoms with Gasteiger partial charge >= 0.3 is 24.7 Å². The number of hydrogen-bond acceptors (Lipinski definition) is 28. The first-order valence-electron chi connectivity index (χ1n) is 42.4. The van der Waals surface area contributed by atoms with E-state index in [2.05, 4.69) is 138 Å². The highest BCUT2D eigenvalue weighted by Gasteiger charge is 2.44. The van der Waals surface area contributed by atoms with Crippen LogP contribution in [-0.2, 0) is 24.7 Å². The molecule has 32 nitrogen and oxygen atoms in total. The van der Waals surface area contributed by atoms with Gasteiger partial charge in [-0.1, -0.05) is 18.2 Å². The van der Waals surface area contributed by atoms with Gasteiger partial charge in [0.15, 0.2) is 74.6 Å². The van der Waals surface area contributed by atoms with Gasteiger partial charge in [-0.05, 0) is 115 Å². The summed E-state index contributed by atoms with van der Waals surface area (Å²) in [5, 5.41) is 32.3. The standard InChI is InChI=1S/3C23H24F3N7O.C19H16F3N7O/c3*1-22(2,34)16-7-15(14-3-5-27-8-14)11-32(12-16)19-4-6-28-21(31-19)17-9-30-20-10-29-18(13-33(17)20)23(24,25)26;20-19(21,22)14-11-29-13(8-26-16(29)9-25-14)17-23-4-3-15(27-17)28-6-1-2-12(10-28)18-24-5-7-30-18/h3*3-4,6,8-10,13,15-16,34H,5,7,11-12H2,1-2H3;3-5,7-9,11-12H,1-2,6,10H2. The molecular formula is C88H88F12N28O4. The number of aliphatic hydroxyl groups is 3. The summed E-state index contributed by atoms with van der Waals surface area (Å²) in [6.07, 6.45) is 21.4. The van der Waals surface area contributed by atoms with E-state index in [1.54, 1.807) is 61.5 Å². The Morgan fingerprint density at radius 1 is 0.333 bits per heavy atom. The fourth-order valence-electron chi connectivity index (χ4n) is 17.3. The minimum atomic E-state index is -4.58. The molecule has 7 aliphatic rings. The van der Waals surface area contributed by atoms with Gasteiger partial charge in [0.05, 0.1) is 98.1 Å². The molecule has 4 fully saturated rings. The smallest absolute Gasteiger partial charge is 0.434 e. The lowest BCUT2D eigenvalue weighted by Crippen LogP contribution is -2.49.